The zero-order valence-electron chi connectivity index (χ0n) is 11.4. The lowest BCUT2D eigenvalue weighted by Crippen LogP contribution is -2.46. The molecule has 0 spiro atoms. The van der Waals surface area contributed by atoms with Gasteiger partial charge >= 0.3 is 0 Å². The highest BCUT2D eigenvalue weighted by molar-refractivity contribution is 5.39. The molecule has 1 aromatic carbocycles. The highest BCUT2D eigenvalue weighted by Gasteiger charge is 2.18. The molecule has 1 aliphatic heterocycles. The van der Waals surface area contributed by atoms with Crippen LogP contribution in [-0.4, -0.2) is 57.5 Å². The van der Waals surface area contributed by atoms with Gasteiger partial charge in [-0.25, -0.2) is 0 Å². The third kappa shape index (κ3) is 4.09. The average molecular weight is 266 g/mol. The molecule has 0 saturated carbocycles. The van der Waals surface area contributed by atoms with E-state index in [0.717, 1.165) is 37.7 Å². The average Bonchev–Trinajstić information content (AvgIpc) is 2.48. The van der Waals surface area contributed by atoms with Crippen molar-refractivity contribution in [3.05, 3.63) is 24.3 Å². The van der Waals surface area contributed by atoms with E-state index in [4.69, 9.17) is 19.9 Å². The molecular weight excluding hydrogens is 244 g/mol. The number of hydrogen-bond donors (Lipinski definition) is 1. The third-order valence-electron chi connectivity index (χ3n) is 3.22. The summed E-state index contributed by atoms with van der Waals surface area (Å²) in [5, 5.41) is 0. The highest BCUT2D eigenvalue weighted by atomic mass is 16.5. The molecule has 1 aliphatic rings. The van der Waals surface area contributed by atoms with Crippen molar-refractivity contribution in [3.63, 3.8) is 0 Å². The van der Waals surface area contributed by atoms with E-state index < -0.39 is 0 Å². The molecular formula is C14H22N2O3. The van der Waals surface area contributed by atoms with Crippen molar-refractivity contribution in [1.82, 2.24) is 4.90 Å². The van der Waals surface area contributed by atoms with Crippen LogP contribution in [0, 0.1) is 0 Å². The normalized spacial score (nSPS) is 20.2. The van der Waals surface area contributed by atoms with E-state index in [9.17, 15) is 0 Å². The van der Waals surface area contributed by atoms with E-state index in [1.165, 1.54) is 0 Å². The van der Waals surface area contributed by atoms with Crippen LogP contribution in [0.4, 0.5) is 0 Å². The molecule has 1 heterocycles. The van der Waals surface area contributed by atoms with Gasteiger partial charge < -0.3 is 19.9 Å². The van der Waals surface area contributed by atoms with Gasteiger partial charge in [-0.1, -0.05) is 12.1 Å². The molecule has 1 aromatic rings. The van der Waals surface area contributed by atoms with Crippen LogP contribution in [0.5, 0.6) is 11.5 Å². The Bertz CT molecular complexity index is 387. The molecule has 0 aliphatic carbocycles. The maximum absolute atomic E-state index is 5.76. The van der Waals surface area contributed by atoms with Gasteiger partial charge in [-0.15, -0.1) is 0 Å². The topological polar surface area (TPSA) is 57.0 Å². The maximum atomic E-state index is 5.76. The maximum Gasteiger partial charge on any atom is 0.161 e. The fraction of sp³-hybridized carbons (Fsp3) is 0.571. The molecule has 0 bridgehead atoms. The fourth-order valence-corrected chi connectivity index (χ4v) is 2.15. The van der Waals surface area contributed by atoms with Gasteiger partial charge in [0.25, 0.3) is 0 Å². The Morgan fingerprint density at radius 1 is 1.37 bits per heavy atom. The van der Waals surface area contributed by atoms with Crippen molar-refractivity contribution in [2.45, 2.75) is 6.10 Å². The van der Waals surface area contributed by atoms with Crippen LogP contribution in [0.2, 0.25) is 0 Å². The van der Waals surface area contributed by atoms with Crippen LogP contribution in [0.25, 0.3) is 0 Å². The molecule has 0 amide bonds. The predicted molar refractivity (Wildman–Crippen MR) is 73.7 cm³/mol. The van der Waals surface area contributed by atoms with Crippen molar-refractivity contribution < 1.29 is 14.2 Å². The lowest BCUT2D eigenvalue weighted by Gasteiger charge is -2.32. The van der Waals surface area contributed by atoms with Gasteiger partial charge in [0, 0.05) is 26.2 Å². The second-order valence-electron chi connectivity index (χ2n) is 4.53. The van der Waals surface area contributed by atoms with E-state index in [2.05, 4.69) is 4.90 Å². The molecule has 106 valence electrons. The Morgan fingerprint density at radius 2 is 2.16 bits per heavy atom. The van der Waals surface area contributed by atoms with Gasteiger partial charge in [0.2, 0.25) is 0 Å². The number of nitrogens with zero attached hydrogens (tertiary/aromatic N) is 1. The van der Waals surface area contributed by atoms with Gasteiger partial charge in [0.05, 0.1) is 19.8 Å². The van der Waals surface area contributed by atoms with Gasteiger partial charge in [-0.05, 0) is 12.1 Å². The first kappa shape index (κ1) is 14.1. The van der Waals surface area contributed by atoms with Gasteiger partial charge in [-0.2, -0.15) is 0 Å². The quantitative estimate of drug-likeness (QED) is 0.823. The Morgan fingerprint density at radius 3 is 2.89 bits per heavy atom. The molecule has 5 heteroatoms. The molecule has 1 atom stereocenters. The first-order valence-corrected chi connectivity index (χ1v) is 6.63. The molecule has 2 rings (SSSR count). The van der Waals surface area contributed by atoms with Crippen molar-refractivity contribution in [2.24, 2.45) is 5.73 Å². The van der Waals surface area contributed by atoms with Gasteiger partial charge in [-0.3, -0.25) is 4.90 Å². The lowest BCUT2D eigenvalue weighted by atomic mass is 10.3. The van der Waals surface area contributed by atoms with E-state index in [1.54, 1.807) is 7.11 Å². The van der Waals surface area contributed by atoms with E-state index in [0.29, 0.717) is 13.2 Å². The first-order chi connectivity index (χ1) is 9.33. The van der Waals surface area contributed by atoms with Crippen LogP contribution < -0.4 is 15.2 Å². The van der Waals surface area contributed by atoms with Crippen molar-refractivity contribution in [2.75, 3.05) is 46.5 Å². The second kappa shape index (κ2) is 7.33. The van der Waals surface area contributed by atoms with Gasteiger partial charge in [0.1, 0.15) is 6.61 Å². The number of rotatable bonds is 6. The summed E-state index contributed by atoms with van der Waals surface area (Å²) < 4.78 is 16.5. The Hall–Kier alpha value is -1.30. The summed E-state index contributed by atoms with van der Waals surface area (Å²) in [4.78, 5) is 2.32. The molecule has 1 unspecified atom stereocenters. The van der Waals surface area contributed by atoms with Crippen LogP contribution in [0.3, 0.4) is 0 Å². The van der Waals surface area contributed by atoms with Crippen LogP contribution in [0.15, 0.2) is 24.3 Å². The summed E-state index contributed by atoms with van der Waals surface area (Å²) in [6.45, 7) is 4.65. The summed E-state index contributed by atoms with van der Waals surface area (Å²) in [7, 11) is 1.65. The van der Waals surface area contributed by atoms with Gasteiger partial charge in [0.15, 0.2) is 11.5 Å². The largest absolute Gasteiger partial charge is 0.493 e. The minimum atomic E-state index is 0.153. The van der Waals surface area contributed by atoms with Crippen LogP contribution in [-0.2, 0) is 4.74 Å². The number of hydrogen-bond acceptors (Lipinski definition) is 5. The summed E-state index contributed by atoms with van der Waals surface area (Å²) in [6, 6.07) is 7.69. The standard InChI is InChI=1S/C14H22N2O3/c1-17-13-4-2-3-5-14(13)19-9-7-16-6-8-18-12(10-15)11-16/h2-5,12H,6-11,15H2,1H3. The zero-order chi connectivity index (χ0) is 13.5. The first-order valence-electron chi connectivity index (χ1n) is 6.63. The number of benzene rings is 1. The van der Waals surface area contributed by atoms with E-state index >= 15 is 0 Å². The fourth-order valence-electron chi connectivity index (χ4n) is 2.15. The van der Waals surface area contributed by atoms with E-state index in [-0.39, 0.29) is 6.10 Å². The van der Waals surface area contributed by atoms with Crippen molar-refractivity contribution in [3.8, 4) is 11.5 Å². The van der Waals surface area contributed by atoms with Crippen LogP contribution >= 0.6 is 0 Å². The molecule has 0 radical (unpaired) electrons. The molecule has 1 saturated heterocycles. The number of para-hydroxylation sites is 2. The summed E-state index contributed by atoms with van der Waals surface area (Å²) in [6.07, 6.45) is 0.153. The van der Waals surface area contributed by atoms with E-state index in [1.807, 2.05) is 24.3 Å². The minimum Gasteiger partial charge on any atom is -0.493 e. The number of methoxy groups -OCH3 is 1. The molecule has 2 N–H and O–H groups in total. The minimum absolute atomic E-state index is 0.153. The second-order valence-corrected chi connectivity index (χ2v) is 4.53. The smallest absolute Gasteiger partial charge is 0.161 e. The molecule has 1 fully saturated rings. The SMILES string of the molecule is COc1ccccc1OCCN1CCOC(CN)C1. The molecule has 19 heavy (non-hydrogen) atoms. The summed E-state index contributed by atoms with van der Waals surface area (Å²) in [5.41, 5.74) is 5.62. The number of nitrogens with two attached hydrogens (primary N) is 1. The number of ether oxygens (including phenoxy) is 3. The van der Waals surface area contributed by atoms with Crippen molar-refractivity contribution in [1.29, 1.82) is 0 Å². The predicted octanol–water partition coefficient (Wildman–Crippen LogP) is 0.733. The molecule has 5 nitrogen and oxygen atoms in total. The lowest BCUT2D eigenvalue weighted by molar-refractivity contribution is -0.0262. The zero-order valence-corrected chi connectivity index (χ0v) is 11.4. The Labute approximate surface area is 114 Å². The van der Waals surface area contributed by atoms with Crippen molar-refractivity contribution >= 4 is 0 Å². The number of morpholine rings is 1. The van der Waals surface area contributed by atoms with Crippen LogP contribution in [0.1, 0.15) is 0 Å². The highest BCUT2D eigenvalue weighted by Crippen LogP contribution is 2.25. The Kier molecular flexibility index (Phi) is 5.44. The monoisotopic (exact) mass is 266 g/mol. The Balaban J connectivity index is 1.77. The summed E-state index contributed by atoms with van der Waals surface area (Å²) >= 11 is 0. The third-order valence-corrected chi connectivity index (χ3v) is 3.22. The molecule has 0 aromatic heterocycles. The summed E-state index contributed by atoms with van der Waals surface area (Å²) in [5.74, 6) is 1.55.